The first-order chi connectivity index (χ1) is 15.4. The summed E-state index contributed by atoms with van der Waals surface area (Å²) in [7, 11) is 0. The van der Waals surface area contributed by atoms with Gasteiger partial charge < -0.3 is 20.1 Å². The number of amides is 2. The van der Waals surface area contributed by atoms with Gasteiger partial charge in [0, 0.05) is 12.5 Å². The normalized spacial score (nSPS) is 18.4. The van der Waals surface area contributed by atoms with Crippen molar-refractivity contribution in [3.05, 3.63) is 59.7 Å². The molecule has 1 aliphatic carbocycles. The Bertz CT molecular complexity index is 989. The van der Waals surface area contributed by atoms with Crippen LogP contribution in [0.5, 0.6) is 0 Å². The molecule has 2 N–H and O–H groups in total. The van der Waals surface area contributed by atoms with Crippen molar-refractivity contribution in [2.24, 2.45) is 5.92 Å². The first kappa shape index (κ1) is 21.9. The zero-order chi connectivity index (χ0) is 22.8. The molecule has 4 rings (SSSR count). The summed E-state index contributed by atoms with van der Waals surface area (Å²) >= 11 is 0. The molecule has 1 saturated heterocycles. The Kier molecular flexibility index (Phi) is 6.17. The van der Waals surface area contributed by atoms with E-state index in [1.807, 2.05) is 50.2 Å². The zero-order valence-corrected chi connectivity index (χ0v) is 18.3. The van der Waals surface area contributed by atoms with Gasteiger partial charge in [0.1, 0.15) is 18.7 Å². The van der Waals surface area contributed by atoms with E-state index in [0.717, 1.165) is 22.3 Å². The smallest absolute Gasteiger partial charge is 0.407 e. The number of carboxylic acid groups (broad SMARTS) is 1. The largest absolute Gasteiger partial charge is 0.480 e. The summed E-state index contributed by atoms with van der Waals surface area (Å²) in [6.45, 7) is 4.30. The van der Waals surface area contributed by atoms with Gasteiger partial charge in [-0.1, -0.05) is 62.4 Å². The number of carbonyl (C=O) groups is 3. The number of hydrogen-bond acceptors (Lipinski definition) is 4. The van der Waals surface area contributed by atoms with Gasteiger partial charge in [-0.2, -0.15) is 0 Å². The lowest BCUT2D eigenvalue weighted by Gasteiger charge is -2.26. The van der Waals surface area contributed by atoms with Gasteiger partial charge in [-0.05, 0) is 41.0 Å². The SMILES string of the molecule is CC(C)C[C@@H](C(=O)O)N1CC[C@H](NC(=O)OCC2c3ccccc3-c3ccccc32)C1=O. The number of nitrogens with zero attached hydrogens (tertiary/aromatic N) is 1. The number of benzene rings is 2. The van der Waals surface area contributed by atoms with Gasteiger partial charge in [0.05, 0.1) is 0 Å². The Morgan fingerprint density at radius 3 is 2.25 bits per heavy atom. The molecule has 2 atom stereocenters. The van der Waals surface area contributed by atoms with Gasteiger partial charge >= 0.3 is 12.1 Å². The van der Waals surface area contributed by atoms with Crippen molar-refractivity contribution < 1.29 is 24.2 Å². The highest BCUT2D eigenvalue weighted by molar-refractivity contribution is 5.91. The number of fused-ring (bicyclic) bond motifs is 3. The molecule has 7 heteroatoms. The summed E-state index contributed by atoms with van der Waals surface area (Å²) in [6.07, 6.45) is 0.0756. The van der Waals surface area contributed by atoms with Gasteiger partial charge in [-0.3, -0.25) is 4.79 Å². The van der Waals surface area contributed by atoms with Crippen LogP contribution in [0.1, 0.15) is 43.7 Å². The van der Waals surface area contributed by atoms with E-state index < -0.39 is 24.1 Å². The van der Waals surface area contributed by atoms with Crippen LogP contribution >= 0.6 is 0 Å². The number of carbonyl (C=O) groups excluding carboxylic acids is 2. The van der Waals surface area contributed by atoms with Crippen LogP contribution in [0.4, 0.5) is 4.79 Å². The fourth-order valence-corrected chi connectivity index (χ4v) is 4.74. The molecule has 1 aliphatic heterocycles. The second kappa shape index (κ2) is 9.02. The Hall–Kier alpha value is -3.35. The molecule has 7 nitrogen and oxygen atoms in total. The zero-order valence-electron chi connectivity index (χ0n) is 18.3. The molecule has 0 saturated carbocycles. The third-order valence-electron chi connectivity index (χ3n) is 6.23. The first-order valence-corrected chi connectivity index (χ1v) is 11.0. The minimum Gasteiger partial charge on any atom is -0.480 e. The Morgan fingerprint density at radius 1 is 1.09 bits per heavy atom. The highest BCUT2D eigenvalue weighted by atomic mass is 16.5. The van der Waals surface area contributed by atoms with E-state index in [1.54, 1.807) is 0 Å². The molecule has 1 fully saturated rings. The van der Waals surface area contributed by atoms with Crippen LogP contribution in [0.25, 0.3) is 11.1 Å². The van der Waals surface area contributed by atoms with Crippen molar-refractivity contribution in [3.63, 3.8) is 0 Å². The third kappa shape index (κ3) is 4.20. The monoisotopic (exact) mass is 436 g/mol. The van der Waals surface area contributed by atoms with Gasteiger partial charge in [0.25, 0.3) is 0 Å². The average Bonchev–Trinajstić information content (AvgIpc) is 3.28. The van der Waals surface area contributed by atoms with Crippen molar-refractivity contribution in [2.75, 3.05) is 13.2 Å². The first-order valence-electron chi connectivity index (χ1n) is 11.0. The summed E-state index contributed by atoms with van der Waals surface area (Å²) in [5, 5.41) is 12.2. The number of rotatable bonds is 7. The number of hydrogen-bond donors (Lipinski definition) is 2. The van der Waals surface area contributed by atoms with E-state index in [4.69, 9.17) is 4.74 Å². The van der Waals surface area contributed by atoms with Crippen LogP contribution in [0.3, 0.4) is 0 Å². The summed E-state index contributed by atoms with van der Waals surface area (Å²) in [4.78, 5) is 38.2. The lowest BCUT2D eigenvalue weighted by Crippen LogP contribution is -2.47. The number of nitrogens with one attached hydrogen (secondary N) is 1. The third-order valence-corrected chi connectivity index (χ3v) is 6.23. The van der Waals surface area contributed by atoms with Crippen LogP contribution in [-0.2, 0) is 14.3 Å². The quantitative estimate of drug-likeness (QED) is 0.691. The predicted octanol–water partition coefficient (Wildman–Crippen LogP) is 3.63. The maximum atomic E-state index is 12.7. The second-order valence-corrected chi connectivity index (χ2v) is 8.83. The number of ether oxygens (including phenoxy) is 1. The Balaban J connectivity index is 1.38. The highest BCUT2D eigenvalue weighted by Crippen LogP contribution is 2.44. The lowest BCUT2D eigenvalue weighted by atomic mass is 9.98. The number of aliphatic carboxylic acids is 1. The molecule has 2 aromatic rings. The van der Waals surface area contributed by atoms with Crippen LogP contribution in [0.2, 0.25) is 0 Å². The van der Waals surface area contributed by atoms with Crippen molar-refractivity contribution in [2.45, 2.75) is 44.7 Å². The van der Waals surface area contributed by atoms with Crippen molar-refractivity contribution in [1.29, 1.82) is 0 Å². The van der Waals surface area contributed by atoms with E-state index in [9.17, 15) is 19.5 Å². The Labute approximate surface area is 187 Å². The van der Waals surface area contributed by atoms with E-state index in [0.29, 0.717) is 19.4 Å². The maximum Gasteiger partial charge on any atom is 0.407 e. The molecule has 0 spiro atoms. The van der Waals surface area contributed by atoms with Gasteiger partial charge in [-0.25, -0.2) is 9.59 Å². The molecule has 0 aromatic heterocycles. The second-order valence-electron chi connectivity index (χ2n) is 8.83. The minimum absolute atomic E-state index is 0.0636. The molecular formula is C25H28N2O5. The fraction of sp³-hybridized carbons (Fsp3) is 0.400. The standard InChI is InChI=1S/C25H28N2O5/c1-15(2)13-22(24(29)30)27-12-11-21(23(27)28)26-25(31)32-14-20-18-9-5-3-7-16(18)17-8-4-6-10-19(17)20/h3-10,15,20-22H,11-14H2,1-2H3,(H,26,31)(H,29,30)/t21-,22-/m0/s1. The van der Waals surface area contributed by atoms with Gasteiger partial charge in [0.2, 0.25) is 5.91 Å². The fourth-order valence-electron chi connectivity index (χ4n) is 4.74. The van der Waals surface area contributed by atoms with Gasteiger partial charge in [-0.15, -0.1) is 0 Å². The molecule has 2 aromatic carbocycles. The van der Waals surface area contributed by atoms with Gasteiger partial charge in [0.15, 0.2) is 0 Å². The molecular weight excluding hydrogens is 408 g/mol. The highest BCUT2D eigenvalue weighted by Gasteiger charge is 2.40. The van der Waals surface area contributed by atoms with Crippen LogP contribution in [0, 0.1) is 5.92 Å². The summed E-state index contributed by atoms with van der Waals surface area (Å²) in [5.41, 5.74) is 4.51. The molecule has 0 radical (unpaired) electrons. The summed E-state index contributed by atoms with van der Waals surface area (Å²) < 4.78 is 5.52. The van der Waals surface area contributed by atoms with Crippen LogP contribution in [-0.4, -0.2) is 53.2 Å². The molecule has 0 bridgehead atoms. The van der Waals surface area contributed by atoms with E-state index in [-0.39, 0.29) is 24.3 Å². The molecule has 2 aliphatic rings. The molecule has 32 heavy (non-hydrogen) atoms. The molecule has 1 heterocycles. The molecule has 168 valence electrons. The number of carboxylic acids is 1. The number of alkyl carbamates (subject to hydrolysis) is 1. The van der Waals surface area contributed by atoms with E-state index >= 15 is 0 Å². The molecule has 2 amide bonds. The summed E-state index contributed by atoms with van der Waals surface area (Å²) in [6, 6.07) is 14.5. The summed E-state index contributed by atoms with van der Waals surface area (Å²) in [5.74, 6) is -1.31. The molecule has 0 unspecified atom stereocenters. The maximum absolute atomic E-state index is 12.7. The minimum atomic E-state index is -1.02. The van der Waals surface area contributed by atoms with Crippen molar-refractivity contribution in [1.82, 2.24) is 10.2 Å². The Morgan fingerprint density at radius 2 is 1.69 bits per heavy atom. The van der Waals surface area contributed by atoms with E-state index in [1.165, 1.54) is 4.90 Å². The topological polar surface area (TPSA) is 95.9 Å². The van der Waals surface area contributed by atoms with Crippen LogP contribution in [0.15, 0.2) is 48.5 Å². The average molecular weight is 437 g/mol. The van der Waals surface area contributed by atoms with Crippen molar-refractivity contribution in [3.8, 4) is 11.1 Å². The lowest BCUT2D eigenvalue weighted by molar-refractivity contribution is -0.149. The van der Waals surface area contributed by atoms with Crippen LogP contribution < -0.4 is 5.32 Å². The van der Waals surface area contributed by atoms with E-state index in [2.05, 4.69) is 17.4 Å². The number of likely N-dealkylation sites (tertiary alicyclic amines) is 1. The predicted molar refractivity (Wildman–Crippen MR) is 119 cm³/mol. The van der Waals surface area contributed by atoms with Crippen molar-refractivity contribution >= 4 is 18.0 Å².